The Balaban J connectivity index is 2.15. The van der Waals surface area contributed by atoms with Gasteiger partial charge in [0.1, 0.15) is 17.9 Å². The van der Waals surface area contributed by atoms with Crippen LogP contribution in [0.5, 0.6) is 5.75 Å². The molecule has 0 saturated heterocycles. The van der Waals surface area contributed by atoms with Gasteiger partial charge in [0, 0.05) is 22.4 Å². The van der Waals surface area contributed by atoms with Gasteiger partial charge in [-0.05, 0) is 48.5 Å². The Bertz CT molecular complexity index is 1120. The fourth-order valence-electron chi connectivity index (χ4n) is 2.64. The number of hydrogen-bond acceptors (Lipinski definition) is 4. The number of aliphatic hydroxyl groups excluding tert-OH is 1. The standard InChI is InChI=1S/C22H24O4Si/c1-22(2,3)27(4,5)26-16-9-11-17-19-13-15(7-6-12-23)8-10-18(19)21(24)25-20(17)14-16/h8-11,13-14,23H,12H2,1-5H3. The molecule has 140 valence electrons. The van der Waals surface area contributed by atoms with E-state index in [2.05, 4.69) is 45.7 Å². The van der Waals surface area contributed by atoms with Gasteiger partial charge >= 0.3 is 5.63 Å². The van der Waals surface area contributed by atoms with Gasteiger partial charge in [-0.25, -0.2) is 4.79 Å². The van der Waals surface area contributed by atoms with Crippen LogP contribution in [0.2, 0.25) is 18.1 Å². The van der Waals surface area contributed by atoms with Crippen LogP contribution in [0.25, 0.3) is 21.7 Å². The van der Waals surface area contributed by atoms with E-state index in [0.717, 1.165) is 16.3 Å². The van der Waals surface area contributed by atoms with Crippen molar-refractivity contribution in [3.63, 3.8) is 0 Å². The van der Waals surface area contributed by atoms with Crippen LogP contribution in [0.15, 0.2) is 45.6 Å². The van der Waals surface area contributed by atoms with E-state index in [1.165, 1.54) is 0 Å². The van der Waals surface area contributed by atoms with E-state index in [9.17, 15) is 4.79 Å². The second-order valence-corrected chi connectivity index (χ2v) is 12.9. The first-order chi connectivity index (χ1) is 12.6. The van der Waals surface area contributed by atoms with Gasteiger partial charge in [-0.3, -0.25) is 0 Å². The largest absolute Gasteiger partial charge is 0.543 e. The fourth-order valence-corrected chi connectivity index (χ4v) is 3.66. The zero-order valence-corrected chi connectivity index (χ0v) is 17.3. The minimum absolute atomic E-state index is 0.0758. The molecule has 3 aromatic rings. The third-order valence-electron chi connectivity index (χ3n) is 5.18. The molecule has 0 spiro atoms. The van der Waals surface area contributed by atoms with Crippen molar-refractivity contribution in [2.75, 3.05) is 6.61 Å². The van der Waals surface area contributed by atoms with Crippen LogP contribution in [0.3, 0.4) is 0 Å². The molecular formula is C22H24O4Si. The van der Waals surface area contributed by atoms with Crippen LogP contribution in [0, 0.1) is 11.8 Å². The molecule has 0 radical (unpaired) electrons. The second-order valence-electron chi connectivity index (χ2n) is 8.13. The van der Waals surface area contributed by atoms with Crippen molar-refractivity contribution >= 4 is 30.1 Å². The average Bonchev–Trinajstić information content (AvgIpc) is 2.58. The van der Waals surface area contributed by atoms with E-state index in [-0.39, 0.29) is 17.3 Å². The van der Waals surface area contributed by atoms with E-state index in [1.54, 1.807) is 18.2 Å². The lowest BCUT2D eigenvalue weighted by molar-refractivity contribution is 0.350. The molecule has 0 fully saturated rings. The molecule has 27 heavy (non-hydrogen) atoms. The smallest absolute Gasteiger partial charge is 0.344 e. The maximum atomic E-state index is 12.4. The summed E-state index contributed by atoms with van der Waals surface area (Å²) in [5.41, 5.74) is 0.852. The maximum Gasteiger partial charge on any atom is 0.344 e. The van der Waals surface area contributed by atoms with Crippen molar-refractivity contribution in [2.24, 2.45) is 0 Å². The molecule has 3 rings (SSSR count). The molecule has 2 aromatic carbocycles. The molecule has 1 aromatic heterocycles. The van der Waals surface area contributed by atoms with Crippen LogP contribution in [0.1, 0.15) is 26.3 Å². The van der Waals surface area contributed by atoms with Gasteiger partial charge < -0.3 is 13.9 Å². The zero-order chi connectivity index (χ0) is 19.8. The lowest BCUT2D eigenvalue weighted by atomic mass is 10.0. The van der Waals surface area contributed by atoms with Crippen molar-refractivity contribution < 1.29 is 13.9 Å². The molecule has 5 heteroatoms. The third kappa shape index (κ3) is 3.78. The van der Waals surface area contributed by atoms with Crippen molar-refractivity contribution in [3.8, 4) is 17.6 Å². The number of benzene rings is 2. The monoisotopic (exact) mass is 380 g/mol. The second kappa shape index (κ2) is 6.88. The van der Waals surface area contributed by atoms with Crippen LogP contribution in [0.4, 0.5) is 0 Å². The molecule has 0 saturated carbocycles. The quantitative estimate of drug-likeness (QED) is 0.304. The summed E-state index contributed by atoms with van der Waals surface area (Å²) in [5, 5.41) is 11.1. The first kappa shape index (κ1) is 19.2. The minimum atomic E-state index is -1.99. The van der Waals surface area contributed by atoms with Crippen LogP contribution in [-0.2, 0) is 0 Å². The SMILES string of the molecule is CC(C)(C)[Si](C)(C)Oc1ccc2c(c1)oc(=O)c1ccc(C#CCO)cc12. The molecule has 0 amide bonds. The highest BCUT2D eigenvalue weighted by Gasteiger charge is 2.39. The summed E-state index contributed by atoms with van der Waals surface area (Å²) >= 11 is 0. The van der Waals surface area contributed by atoms with Crippen LogP contribution < -0.4 is 10.1 Å². The van der Waals surface area contributed by atoms with E-state index < -0.39 is 8.32 Å². The number of aliphatic hydroxyl groups is 1. The van der Waals surface area contributed by atoms with E-state index in [1.807, 2.05) is 18.2 Å². The number of fused-ring (bicyclic) bond motifs is 3. The van der Waals surface area contributed by atoms with Gasteiger partial charge in [0.2, 0.25) is 8.32 Å². The first-order valence-corrected chi connectivity index (χ1v) is 11.8. The minimum Gasteiger partial charge on any atom is -0.543 e. The van der Waals surface area contributed by atoms with Crippen molar-refractivity contribution in [3.05, 3.63) is 52.4 Å². The molecule has 0 unspecified atom stereocenters. The molecule has 4 nitrogen and oxygen atoms in total. The van der Waals surface area contributed by atoms with E-state index in [4.69, 9.17) is 13.9 Å². The average molecular weight is 381 g/mol. The normalized spacial score (nSPS) is 12.1. The first-order valence-electron chi connectivity index (χ1n) is 8.92. The lowest BCUT2D eigenvalue weighted by Crippen LogP contribution is -2.43. The summed E-state index contributed by atoms with van der Waals surface area (Å²) in [6.45, 7) is 10.7. The van der Waals surface area contributed by atoms with Gasteiger partial charge in [-0.1, -0.05) is 32.6 Å². The topological polar surface area (TPSA) is 59.7 Å². The van der Waals surface area contributed by atoms with E-state index in [0.29, 0.717) is 16.7 Å². The highest BCUT2D eigenvalue weighted by atomic mass is 28.4. The number of hydrogen-bond donors (Lipinski definition) is 1. The summed E-state index contributed by atoms with van der Waals surface area (Å²) in [6.07, 6.45) is 0. The molecule has 0 aliphatic heterocycles. The molecular weight excluding hydrogens is 356 g/mol. The van der Waals surface area contributed by atoms with Gasteiger partial charge in [0.25, 0.3) is 0 Å². The molecule has 1 heterocycles. The molecule has 0 aliphatic rings. The molecule has 0 atom stereocenters. The summed E-state index contributed by atoms with van der Waals surface area (Å²) in [7, 11) is -1.99. The fraction of sp³-hybridized carbons (Fsp3) is 0.318. The Hall–Kier alpha value is -2.55. The molecule has 0 bridgehead atoms. The van der Waals surface area contributed by atoms with Crippen molar-refractivity contribution in [2.45, 2.75) is 38.9 Å². The maximum absolute atomic E-state index is 12.4. The van der Waals surface area contributed by atoms with Crippen LogP contribution >= 0.6 is 0 Å². The van der Waals surface area contributed by atoms with Gasteiger partial charge in [-0.15, -0.1) is 0 Å². The van der Waals surface area contributed by atoms with Crippen LogP contribution in [-0.4, -0.2) is 20.0 Å². The Morgan fingerprint density at radius 1 is 1.07 bits per heavy atom. The Labute approximate surface area is 159 Å². The lowest BCUT2D eigenvalue weighted by Gasteiger charge is -2.36. The van der Waals surface area contributed by atoms with E-state index >= 15 is 0 Å². The van der Waals surface area contributed by atoms with Crippen molar-refractivity contribution in [1.29, 1.82) is 0 Å². The van der Waals surface area contributed by atoms with Crippen molar-refractivity contribution in [1.82, 2.24) is 0 Å². The Morgan fingerprint density at radius 3 is 2.44 bits per heavy atom. The summed E-state index contributed by atoms with van der Waals surface area (Å²) in [5.74, 6) is 6.22. The predicted molar refractivity (Wildman–Crippen MR) is 112 cm³/mol. The summed E-state index contributed by atoms with van der Waals surface area (Å²) in [6, 6.07) is 11.0. The predicted octanol–water partition coefficient (Wildman–Crippen LogP) is 4.67. The number of rotatable bonds is 2. The van der Waals surface area contributed by atoms with Gasteiger partial charge in [-0.2, -0.15) is 0 Å². The molecule has 1 N–H and O–H groups in total. The Morgan fingerprint density at radius 2 is 1.78 bits per heavy atom. The highest BCUT2D eigenvalue weighted by Crippen LogP contribution is 2.38. The van der Waals surface area contributed by atoms with Gasteiger partial charge in [0.15, 0.2) is 0 Å². The summed E-state index contributed by atoms with van der Waals surface area (Å²) in [4.78, 5) is 12.4. The Kier molecular flexibility index (Phi) is 4.89. The summed E-state index contributed by atoms with van der Waals surface area (Å²) < 4.78 is 11.9. The zero-order valence-electron chi connectivity index (χ0n) is 16.3. The van der Waals surface area contributed by atoms with Gasteiger partial charge in [0.05, 0.1) is 5.39 Å². The third-order valence-corrected chi connectivity index (χ3v) is 9.53. The highest BCUT2D eigenvalue weighted by molar-refractivity contribution is 6.74. The molecule has 0 aliphatic carbocycles.